The van der Waals surface area contributed by atoms with Crippen LogP contribution in [0.2, 0.25) is 0 Å². The average molecular weight is 266 g/mol. The average Bonchev–Trinajstić information content (AvgIpc) is 2.49. The number of aromatic nitrogens is 2. The maximum Gasteiger partial charge on any atom is 0.144 e. The highest BCUT2D eigenvalue weighted by Crippen LogP contribution is 2.20. The Bertz CT molecular complexity index is 714. The fourth-order valence-corrected chi connectivity index (χ4v) is 1.98. The standard InChI is InChI=1S/C16H14N2O2/c19-15-8-9-17-14-7-6-13(18-16(14)15)11-20-10-12-4-2-1-3-5-12/h1-9H,10-11H2,(H,17,19). The van der Waals surface area contributed by atoms with Crippen LogP contribution in [-0.2, 0) is 18.0 Å². The van der Waals surface area contributed by atoms with E-state index in [0.29, 0.717) is 24.2 Å². The smallest absolute Gasteiger partial charge is 0.144 e. The number of fused-ring (bicyclic) bond motifs is 1. The zero-order chi connectivity index (χ0) is 13.8. The minimum absolute atomic E-state index is 0.139. The number of ether oxygens (including phenoxy) is 1. The van der Waals surface area contributed by atoms with Gasteiger partial charge in [-0.2, -0.15) is 0 Å². The Labute approximate surface area is 116 Å². The number of nitrogens with zero attached hydrogens (tertiary/aromatic N) is 2. The van der Waals surface area contributed by atoms with E-state index >= 15 is 0 Å². The van der Waals surface area contributed by atoms with E-state index in [1.165, 1.54) is 6.07 Å². The number of hydrogen-bond donors (Lipinski definition) is 1. The number of benzene rings is 1. The van der Waals surface area contributed by atoms with E-state index in [1.54, 1.807) is 6.20 Å². The van der Waals surface area contributed by atoms with Crippen molar-refractivity contribution < 1.29 is 9.84 Å². The molecule has 0 aliphatic rings. The summed E-state index contributed by atoms with van der Waals surface area (Å²) in [6.07, 6.45) is 1.56. The third kappa shape index (κ3) is 2.75. The molecule has 0 aliphatic carbocycles. The molecule has 3 aromatic rings. The summed E-state index contributed by atoms with van der Waals surface area (Å²) >= 11 is 0. The largest absolute Gasteiger partial charge is 0.506 e. The number of hydrogen-bond acceptors (Lipinski definition) is 4. The van der Waals surface area contributed by atoms with Crippen LogP contribution >= 0.6 is 0 Å². The highest BCUT2D eigenvalue weighted by Gasteiger charge is 2.04. The lowest BCUT2D eigenvalue weighted by Crippen LogP contribution is -1.97. The van der Waals surface area contributed by atoms with Crippen molar-refractivity contribution in [2.75, 3.05) is 0 Å². The van der Waals surface area contributed by atoms with Crippen molar-refractivity contribution >= 4 is 11.0 Å². The molecule has 4 heteroatoms. The third-order valence-electron chi connectivity index (χ3n) is 2.98. The Morgan fingerprint density at radius 1 is 0.950 bits per heavy atom. The summed E-state index contributed by atoms with van der Waals surface area (Å²) in [6, 6.07) is 15.2. The van der Waals surface area contributed by atoms with Crippen LogP contribution in [0, 0.1) is 0 Å². The monoisotopic (exact) mass is 266 g/mol. The van der Waals surface area contributed by atoms with E-state index in [1.807, 2.05) is 42.5 Å². The molecular weight excluding hydrogens is 252 g/mol. The maximum absolute atomic E-state index is 9.76. The first-order chi connectivity index (χ1) is 9.83. The van der Waals surface area contributed by atoms with Gasteiger partial charge in [0.2, 0.25) is 0 Å². The highest BCUT2D eigenvalue weighted by molar-refractivity contribution is 5.80. The lowest BCUT2D eigenvalue weighted by molar-refractivity contribution is 0.105. The van der Waals surface area contributed by atoms with E-state index in [9.17, 15) is 5.11 Å². The fourth-order valence-electron chi connectivity index (χ4n) is 1.98. The minimum atomic E-state index is 0.139. The van der Waals surface area contributed by atoms with Crippen molar-refractivity contribution in [1.29, 1.82) is 0 Å². The first-order valence-corrected chi connectivity index (χ1v) is 6.38. The Hall–Kier alpha value is -2.46. The van der Waals surface area contributed by atoms with E-state index in [-0.39, 0.29) is 5.75 Å². The molecule has 100 valence electrons. The summed E-state index contributed by atoms with van der Waals surface area (Å²) in [7, 11) is 0. The van der Waals surface area contributed by atoms with Gasteiger partial charge in [0.1, 0.15) is 11.3 Å². The van der Waals surface area contributed by atoms with Gasteiger partial charge in [-0.3, -0.25) is 4.98 Å². The molecule has 3 rings (SSSR count). The molecule has 4 nitrogen and oxygen atoms in total. The van der Waals surface area contributed by atoms with Crippen LogP contribution in [0.1, 0.15) is 11.3 Å². The Kier molecular flexibility index (Phi) is 3.56. The SMILES string of the molecule is Oc1ccnc2ccc(COCc3ccccc3)nc12. The highest BCUT2D eigenvalue weighted by atomic mass is 16.5. The number of pyridine rings is 2. The van der Waals surface area contributed by atoms with Crippen LogP contribution in [-0.4, -0.2) is 15.1 Å². The van der Waals surface area contributed by atoms with Gasteiger partial charge >= 0.3 is 0 Å². The summed E-state index contributed by atoms with van der Waals surface area (Å²) in [6.45, 7) is 0.943. The van der Waals surface area contributed by atoms with Gasteiger partial charge in [0.15, 0.2) is 0 Å². The predicted octanol–water partition coefficient (Wildman–Crippen LogP) is 3.05. The fraction of sp³-hybridized carbons (Fsp3) is 0.125. The van der Waals surface area contributed by atoms with Gasteiger partial charge in [-0.05, 0) is 17.7 Å². The van der Waals surface area contributed by atoms with E-state index in [0.717, 1.165) is 11.3 Å². The molecule has 0 amide bonds. The van der Waals surface area contributed by atoms with Gasteiger partial charge in [-0.1, -0.05) is 30.3 Å². The molecule has 1 aromatic carbocycles. The van der Waals surface area contributed by atoms with Crippen molar-refractivity contribution in [2.45, 2.75) is 13.2 Å². The van der Waals surface area contributed by atoms with Crippen molar-refractivity contribution in [2.24, 2.45) is 0 Å². The summed E-state index contributed by atoms with van der Waals surface area (Å²) in [5, 5.41) is 9.76. The molecule has 0 saturated carbocycles. The topological polar surface area (TPSA) is 55.2 Å². The number of rotatable bonds is 4. The van der Waals surface area contributed by atoms with Crippen LogP contribution < -0.4 is 0 Å². The summed E-state index contributed by atoms with van der Waals surface area (Å²) in [4.78, 5) is 8.52. The van der Waals surface area contributed by atoms with Crippen LogP contribution in [0.15, 0.2) is 54.7 Å². The van der Waals surface area contributed by atoms with Crippen molar-refractivity contribution in [1.82, 2.24) is 9.97 Å². The quantitative estimate of drug-likeness (QED) is 0.788. The Morgan fingerprint density at radius 2 is 1.80 bits per heavy atom. The molecule has 0 bridgehead atoms. The predicted molar refractivity (Wildman–Crippen MR) is 76.1 cm³/mol. The first-order valence-electron chi connectivity index (χ1n) is 6.38. The Balaban J connectivity index is 1.70. The van der Waals surface area contributed by atoms with Crippen LogP contribution in [0.5, 0.6) is 5.75 Å². The molecule has 0 aliphatic heterocycles. The summed E-state index contributed by atoms with van der Waals surface area (Å²) < 4.78 is 5.63. The molecule has 0 fully saturated rings. The van der Waals surface area contributed by atoms with Crippen molar-refractivity contribution in [3.05, 3.63) is 66.0 Å². The van der Waals surface area contributed by atoms with Gasteiger partial charge in [0.25, 0.3) is 0 Å². The summed E-state index contributed by atoms with van der Waals surface area (Å²) in [5.74, 6) is 0.139. The van der Waals surface area contributed by atoms with E-state index in [4.69, 9.17) is 4.74 Å². The lowest BCUT2D eigenvalue weighted by Gasteiger charge is -2.05. The molecule has 0 spiro atoms. The van der Waals surface area contributed by atoms with Crippen molar-refractivity contribution in [3.8, 4) is 5.75 Å². The van der Waals surface area contributed by atoms with Gasteiger partial charge in [0, 0.05) is 12.3 Å². The molecule has 2 heterocycles. The first kappa shape index (κ1) is 12.6. The molecule has 0 radical (unpaired) electrons. The molecule has 20 heavy (non-hydrogen) atoms. The van der Waals surface area contributed by atoms with Crippen LogP contribution in [0.3, 0.4) is 0 Å². The number of aromatic hydroxyl groups is 1. The zero-order valence-corrected chi connectivity index (χ0v) is 10.9. The van der Waals surface area contributed by atoms with Gasteiger partial charge < -0.3 is 9.84 Å². The molecule has 0 unspecified atom stereocenters. The van der Waals surface area contributed by atoms with Crippen LogP contribution in [0.25, 0.3) is 11.0 Å². The molecule has 1 N–H and O–H groups in total. The summed E-state index contributed by atoms with van der Waals surface area (Å²) in [5.41, 5.74) is 3.08. The third-order valence-corrected chi connectivity index (χ3v) is 2.98. The molecule has 2 aromatic heterocycles. The molecular formula is C16H14N2O2. The second-order valence-electron chi connectivity index (χ2n) is 4.48. The normalized spacial score (nSPS) is 10.8. The molecule has 0 atom stereocenters. The van der Waals surface area contributed by atoms with E-state index < -0.39 is 0 Å². The van der Waals surface area contributed by atoms with Gasteiger partial charge in [-0.15, -0.1) is 0 Å². The van der Waals surface area contributed by atoms with Crippen LogP contribution in [0.4, 0.5) is 0 Å². The Morgan fingerprint density at radius 3 is 2.65 bits per heavy atom. The van der Waals surface area contributed by atoms with Gasteiger partial charge in [-0.25, -0.2) is 4.98 Å². The van der Waals surface area contributed by atoms with E-state index in [2.05, 4.69) is 9.97 Å². The minimum Gasteiger partial charge on any atom is -0.506 e. The van der Waals surface area contributed by atoms with Crippen molar-refractivity contribution in [3.63, 3.8) is 0 Å². The van der Waals surface area contributed by atoms with Gasteiger partial charge in [0.05, 0.1) is 24.4 Å². The maximum atomic E-state index is 9.76. The second-order valence-corrected chi connectivity index (χ2v) is 4.48. The molecule has 0 saturated heterocycles. The second kappa shape index (κ2) is 5.67. The zero-order valence-electron chi connectivity index (χ0n) is 10.9. The lowest BCUT2D eigenvalue weighted by atomic mass is 10.2.